The molecule has 1 aromatic carbocycles. The molecule has 1 unspecified atom stereocenters. The zero-order chi connectivity index (χ0) is 13.5. The number of carbonyl (C=O) groups excluding carboxylic acids is 1. The summed E-state index contributed by atoms with van der Waals surface area (Å²) in [6, 6.07) is 3.96. The Balaban J connectivity index is 0.00000147. The first-order chi connectivity index (χ1) is 9.13. The van der Waals surface area contributed by atoms with Crippen LogP contribution in [0.3, 0.4) is 0 Å². The molecule has 110 valence electrons. The Morgan fingerprint density at radius 1 is 1.15 bits per heavy atom. The van der Waals surface area contributed by atoms with Gasteiger partial charge in [0.2, 0.25) is 5.91 Å². The number of rotatable bonds is 1. The van der Waals surface area contributed by atoms with Gasteiger partial charge in [-0.05, 0) is 43.6 Å². The molecule has 1 spiro atoms. The predicted octanol–water partition coefficient (Wildman–Crippen LogP) is 1.97. The van der Waals surface area contributed by atoms with Crippen LogP contribution >= 0.6 is 12.4 Å². The third-order valence-electron chi connectivity index (χ3n) is 4.43. The second-order valence-corrected chi connectivity index (χ2v) is 5.34. The summed E-state index contributed by atoms with van der Waals surface area (Å²) in [5, 5.41) is 6.11. The lowest BCUT2D eigenvalue weighted by molar-refractivity contribution is -0.129. The maximum absolute atomic E-state index is 13.4. The van der Waals surface area contributed by atoms with E-state index in [4.69, 9.17) is 0 Å². The highest BCUT2D eigenvalue weighted by atomic mass is 35.5. The molecule has 0 bridgehead atoms. The molecule has 3 rings (SSSR count). The molecule has 2 fully saturated rings. The van der Waals surface area contributed by atoms with Gasteiger partial charge < -0.3 is 10.6 Å². The van der Waals surface area contributed by atoms with Gasteiger partial charge >= 0.3 is 0 Å². The van der Waals surface area contributed by atoms with Crippen LogP contribution in [0.15, 0.2) is 18.2 Å². The van der Waals surface area contributed by atoms with Crippen molar-refractivity contribution in [3.05, 3.63) is 35.4 Å². The lowest BCUT2D eigenvalue weighted by Gasteiger charge is -2.36. The van der Waals surface area contributed by atoms with E-state index in [1.54, 1.807) is 6.07 Å². The fraction of sp³-hybridized carbons (Fsp3) is 0.500. The van der Waals surface area contributed by atoms with Crippen LogP contribution in [-0.4, -0.2) is 25.5 Å². The number of hydrogen-bond donors (Lipinski definition) is 2. The first kappa shape index (κ1) is 15.2. The molecular formula is C14H17ClF2N2O. The van der Waals surface area contributed by atoms with Crippen LogP contribution in [0, 0.1) is 17.0 Å². The normalized spacial score (nSPS) is 24.3. The van der Waals surface area contributed by atoms with Crippen molar-refractivity contribution in [3.63, 3.8) is 0 Å². The lowest BCUT2D eigenvalue weighted by Crippen LogP contribution is -2.44. The first-order valence-corrected chi connectivity index (χ1v) is 6.57. The third-order valence-corrected chi connectivity index (χ3v) is 4.43. The van der Waals surface area contributed by atoms with Crippen molar-refractivity contribution in [1.82, 2.24) is 10.6 Å². The number of amides is 1. The number of halogens is 3. The molecule has 2 saturated heterocycles. The fourth-order valence-electron chi connectivity index (χ4n) is 3.34. The van der Waals surface area contributed by atoms with E-state index in [1.807, 2.05) is 0 Å². The van der Waals surface area contributed by atoms with E-state index in [0.717, 1.165) is 32.0 Å². The highest BCUT2D eigenvalue weighted by Gasteiger charge is 2.50. The predicted molar refractivity (Wildman–Crippen MR) is 73.9 cm³/mol. The van der Waals surface area contributed by atoms with Gasteiger partial charge in [-0.1, -0.05) is 6.07 Å². The summed E-state index contributed by atoms with van der Waals surface area (Å²) in [7, 11) is 0. The molecule has 2 N–H and O–H groups in total. The van der Waals surface area contributed by atoms with Crippen LogP contribution in [-0.2, 0) is 4.79 Å². The van der Waals surface area contributed by atoms with Crippen LogP contribution in [0.5, 0.6) is 0 Å². The van der Waals surface area contributed by atoms with E-state index in [2.05, 4.69) is 10.6 Å². The van der Waals surface area contributed by atoms with Gasteiger partial charge in [0, 0.05) is 12.5 Å². The fourth-order valence-corrected chi connectivity index (χ4v) is 3.34. The van der Waals surface area contributed by atoms with Gasteiger partial charge in [0.1, 0.15) is 0 Å². The van der Waals surface area contributed by atoms with Crippen LogP contribution in [0.4, 0.5) is 8.78 Å². The summed E-state index contributed by atoms with van der Waals surface area (Å²) in [5.74, 6) is -1.72. The largest absolute Gasteiger partial charge is 0.355 e. The van der Waals surface area contributed by atoms with E-state index in [0.29, 0.717) is 12.1 Å². The summed E-state index contributed by atoms with van der Waals surface area (Å²) in [4.78, 5) is 12.2. The molecule has 2 aliphatic heterocycles. The van der Waals surface area contributed by atoms with Crippen molar-refractivity contribution in [3.8, 4) is 0 Å². The minimum absolute atomic E-state index is 0. The molecular weight excluding hydrogens is 286 g/mol. The Labute approximate surface area is 122 Å². The molecule has 3 nitrogen and oxygen atoms in total. The Bertz CT molecular complexity index is 518. The smallest absolute Gasteiger partial charge is 0.227 e. The molecule has 0 aliphatic carbocycles. The summed E-state index contributed by atoms with van der Waals surface area (Å²) < 4.78 is 26.4. The maximum atomic E-state index is 13.4. The molecule has 0 saturated carbocycles. The average molecular weight is 303 g/mol. The maximum Gasteiger partial charge on any atom is 0.227 e. The zero-order valence-corrected chi connectivity index (χ0v) is 11.7. The number of nitrogens with one attached hydrogen (secondary N) is 2. The number of carbonyl (C=O) groups is 1. The van der Waals surface area contributed by atoms with Crippen molar-refractivity contribution < 1.29 is 13.6 Å². The van der Waals surface area contributed by atoms with Crippen molar-refractivity contribution in [2.75, 3.05) is 19.6 Å². The molecule has 1 amide bonds. The van der Waals surface area contributed by atoms with Gasteiger partial charge in [-0.3, -0.25) is 4.79 Å². The van der Waals surface area contributed by atoms with Crippen LogP contribution in [0.25, 0.3) is 0 Å². The van der Waals surface area contributed by atoms with Crippen LogP contribution < -0.4 is 10.6 Å². The number of piperidine rings is 1. The van der Waals surface area contributed by atoms with Crippen molar-refractivity contribution in [1.29, 1.82) is 0 Å². The second kappa shape index (κ2) is 5.66. The first-order valence-electron chi connectivity index (χ1n) is 6.57. The Hall–Kier alpha value is -1.20. The van der Waals surface area contributed by atoms with Crippen molar-refractivity contribution in [2.45, 2.75) is 18.8 Å². The molecule has 1 aromatic rings. The van der Waals surface area contributed by atoms with Crippen molar-refractivity contribution >= 4 is 18.3 Å². The van der Waals surface area contributed by atoms with Gasteiger partial charge in [0.05, 0.1) is 5.41 Å². The summed E-state index contributed by atoms with van der Waals surface area (Å²) in [6.45, 7) is 2.07. The number of hydrogen-bond acceptors (Lipinski definition) is 2. The van der Waals surface area contributed by atoms with E-state index in [9.17, 15) is 13.6 Å². The second-order valence-electron chi connectivity index (χ2n) is 5.34. The molecule has 1 atom stereocenters. The summed E-state index contributed by atoms with van der Waals surface area (Å²) in [5.41, 5.74) is 0.245. The standard InChI is InChI=1S/C14H16F2N2O.ClH/c15-11-2-1-9(7-12(11)16)10-8-18-13(19)14(10)3-5-17-6-4-14;/h1-2,7,10,17H,3-6,8H2,(H,18,19);1H. The SMILES string of the molecule is Cl.O=C1NCC(c2ccc(F)c(F)c2)C12CCNCC2. The summed E-state index contributed by atoms with van der Waals surface area (Å²) >= 11 is 0. The third kappa shape index (κ3) is 2.29. The quantitative estimate of drug-likeness (QED) is 0.833. The Morgan fingerprint density at radius 2 is 1.85 bits per heavy atom. The topological polar surface area (TPSA) is 41.1 Å². The van der Waals surface area contributed by atoms with E-state index in [-0.39, 0.29) is 24.2 Å². The van der Waals surface area contributed by atoms with Gasteiger partial charge in [0.25, 0.3) is 0 Å². The average Bonchev–Trinajstić information content (AvgIpc) is 2.72. The van der Waals surface area contributed by atoms with Crippen molar-refractivity contribution in [2.24, 2.45) is 5.41 Å². The van der Waals surface area contributed by atoms with Gasteiger partial charge in [-0.25, -0.2) is 8.78 Å². The minimum Gasteiger partial charge on any atom is -0.355 e. The van der Waals surface area contributed by atoms with E-state index >= 15 is 0 Å². The monoisotopic (exact) mass is 302 g/mol. The molecule has 0 radical (unpaired) electrons. The lowest BCUT2D eigenvalue weighted by atomic mass is 9.68. The molecule has 2 aliphatic rings. The van der Waals surface area contributed by atoms with E-state index < -0.39 is 17.0 Å². The summed E-state index contributed by atoms with van der Waals surface area (Å²) in [6.07, 6.45) is 1.48. The minimum atomic E-state index is -0.847. The molecule has 0 aromatic heterocycles. The molecule has 20 heavy (non-hydrogen) atoms. The van der Waals surface area contributed by atoms with E-state index in [1.165, 1.54) is 6.07 Å². The van der Waals surface area contributed by atoms with Crippen LogP contribution in [0.1, 0.15) is 24.3 Å². The zero-order valence-electron chi connectivity index (χ0n) is 10.9. The molecule has 2 heterocycles. The van der Waals surface area contributed by atoms with Crippen LogP contribution in [0.2, 0.25) is 0 Å². The Kier molecular flexibility index (Phi) is 4.30. The highest BCUT2D eigenvalue weighted by Crippen LogP contribution is 2.46. The molecule has 6 heteroatoms. The highest BCUT2D eigenvalue weighted by molar-refractivity contribution is 5.86. The van der Waals surface area contributed by atoms with Gasteiger partial charge in [-0.15, -0.1) is 12.4 Å². The van der Waals surface area contributed by atoms with Gasteiger partial charge in [0.15, 0.2) is 11.6 Å². The van der Waals surface area contributed by atoms with Gasteiger partial charge in [-0.2, -0.15) is 0 Å². The Morgan fingerprint density at radius 3 is 2.50 bits per heavy atom. The number of benzene rings is 1.